The van der Waals surface area contributed by atoms with Gasteiger partial charge in [0.05, 0.1) is 30.5 Å². The van der Waals surface area contributed by atoms with E-state index in [1.165, 1.54) is 11.8 Å². The van der Waals surface area contributed by atoms with Crippen molar-refractivity contribution < 1.29 is 19.1 Å². The molecule has 2 unspecified atom stereocenters. The van der Waals surface area contributed by atoms with Gasteiger partial charge < -0.3 is 15.0 Å². The predicted octanol–water partition coefficient (Wildman–Crippen LogP) is 2.37. The number of aryl methyl sites for hydroxylation is 3. The van der Waals surface area contributed by atoms with Crippen molar-refractivity contribution >= 4 is 23.5 Å². The number of benzene rings is 1. The second-order valence-corrected chi connectivity index (χ2v) is 7.42. The average molecular weight is 398 g/mol. The Balaban J connectivity index is 1.94. The molecule has 1 aromatic carbocycles. The lowest BCUT2D eigenvalue weighted by atomic mass is 9.83. The molecule has 1 aliphatic heterocycles. The van der Waals surface area contributed by atoms with Gasteiger partial charge >= 0.3 is 5.97 Å². The first-order valence-electron chi connectivity index (χ1n) is 9.49. The zero-order valence-electron chi connectivity index (χ0n) is 17.4. The summed E-state index contributed by atoms with van der Waals surface area (Å²) in [5.74, 6) is -1.27. The maximum Gasteiger partial charge on any atom is 0.358 e. The molecule has 0 bridgehead atoms. The molecular formula is C21H26N4O4. The third-order valence-corrected chi connectivity index (χ3v) is 5.47. The van der Waals surface area contributed by atoms with E-state index in [4.69, 9.17) is 4.74 Å². The van der Waals surface area contributed by atoms with Crippen molar-refractivity contribution in [3.63, 3.8) is 0 Å². The average Bonchev–Trinajstić information content (AvgIpc) is 2.97. The van der Waals surface area contributed by atoms with Crippen LogP contribution in [0.25, 0.3) is 0 Å². The highest BCUT2D eigenvalue weighted by Gasteiger charge is 2.39. The lowest BCUT2D eigenvalue weighted by Gasteiger charge is -2.38. The maximum atomic E-state index is 13.3. The van der Waals surface area contributed by atoms with Crippen molar-refractivity contribution in [3.05, 3.63) is 46.8 Å². The summed E-state index contributed by atoms with van der Waals surface area (Å²) < 4.78 is 6.22. The van der Waals surface area contributed by atoms with Gasteiger partial charge in [-0.2, -0.15) is 5.10 Å². The molecule has 1 saturated heterocycles. The van der Waals surface area contributed by atoms with Crippen LogP contribution in [0.15, 0.2) is 24.3 Å². The van der Waals surface area contributed by atoms with Crippen molar-refractivity contribution in [2.24, 2.45) is 13.0 Å². The molecule has 1 aliphatic rings. The van der Waals surface area contributed by atoms with Crippen molar-refractivity contribution in [1.82, 2.24) is 14.7 Å². The first-order chi connectivity index (χ1) is 13.7. The fourth-order valence-electron chi connectivity index (χ4n) is 3.89. The van der Waals surface area contributed by atoms with Crippen LogP contribution in [0.5, 0.6) is 0 Å². The van der Waals surface area contributed by atoms with Crippen molar-refractivity contribution in [1.29, 1.82) is 0 Å². The van der Waals surface area contributed by atoms with Gasteiger partial charge in [-0.3, -0.25) is 14.3 Å². The van der Waals surface area contributed by atoms with Crippen LogP contribution in [-0.4, -0.2) is 46.6 Å². The molecular weight excluding hydrogens is 372 g/mol. The van der Waals surface area contributed by atoms with E-state index in [1.54, 1.807) is 25.9 Å². The highest BCUT2D eigenvalue weighted by Crippen LogP contribution is 2.37. The van der Waals surface area contributed by atoms with Gasteiger partial charge in [-0.25, -0.2) is 4.79 Å². The Kier molecular flexibility index (Phi) is 5.72. The van der Waals surface area contributed by atoms with Gasteiger partial charge in [0.2, 0.25) is 11.8 Å². The first-order valence-corrected chi connectivity index (χ1v) is 9.49. The van der Waals surface area contributed by atoms with E-state index < -0.39 is 11.9 Å². The second kappa shape index (κ2) is 8.06. The summed E-state index contributed by atoms with van der Waals surface area (Å²) in [4.78, 5) is 39.4. The van der Waals surface area contributed by atoms with Crippen LogP contribution in [0.4, 0.5) is 5.69 Å². The molecule has 2 aromatic rings. The summed E-state index contributed by atoms with van der Waals surface area (Å²) in [6.07, 6.45) is 0.729. The zero-order chi connectivity index (χ0) is 21.3. The Hall–Kier alpha value is -3.16. The molecule has 0 aliphatic carbocycles. The fourth-order valence-corrected chi connectivity index (χ4v) is 3.89. The molecule has 8 nitrogen and oxygen atoms in total. The standard InChI is InChI=1S/C21H26N4O4/c1-12-6-8-14(9-7-12)18-15(10-11-16(26)24(18)3)20(27)22-17-13(2)23-25(4)19(17)21(28)29-5/h6-9,15,18H,10-11H2,1-5H3,(H,22,27). The van der Waals surface area contributed by atoms with E-state index in [0.29, 0.717) is 24.2 Å². The molecule has 0 saturated carbocycles. The number of hydrogen-bond donors (Lipinski definition) is 1. The highest BCUT2D eigenvalue weighted by molar-refractivity contribution is 6.02. The van der Waals surface area contributed by atoms with Gasteiger partial charge in [0.15, 0.2) is 5.69 Å². The molecule has 3 rings (SSSR count). The molecule has 8 heteroatoms. The van der Waals surface area contributed by atoms with Gasteiger partial charge in [-0.1, -0.05) is 29.8 Å². The Labute approximate surface area is 169 Å². The van der Waals surface area contributed by atoms with Gasteiger partial charge in [-0.15, -0.1) is 0 Å². The van der Waals surface area contributed by atoms with Crippen LogP contribution in [0.1, 0.15) is 46.2 Å². The minimum atomic E-state index is -0.575. The van der Waals surface area contributed by atoms with Gasteiger partial charge in [0.1, 0.15) is 0 Å². The van der Waals surface area contributed by atoms with Crippen LogP contribution in [0, 0.1) is 19.8 Å². The van der Waals surface area contributed by atoms with E-state index in [2.05, 4.69) is 10.4 Å². The molecule has 2 atom stereocenters. The summed E-state index contributed by atoms with van der Waals surface area (Å²) in [5, 5.41) is 7.10. The number of carbonyl (C=O) groups is 3. The second-order valence-electron chi connectivity index (χ2n) is 7.42. The lowest BCUT2D eigenvalue weighted by molar-refractivity contribution is -0.140. The van der Waals surface area contributed by atoms with E-state index in [0.717, 1.165) is 11.1 Å². The van der Waals surface area contributed by atoms with E-state index in [-0.39, 0.29) is 23.6 Å². The topological polar surface area (TPSA) is 93.5 Å². The number of carbonyl (C=O) groups excluding carboxylic acids is 3. The van der Waals surface area contributed by atoms with Crippen molar-refractivity contribution in [2.75, 3.05) is 19.5 Å². The number of anilines is 1. The van der Waals surface area contributed by atoms with Crippen LogP contribution in [0.3, 0.4) is 0 Å². The highest BCUT2D eigenvalue weighted by atomic mass is 16.5. The quantitative estimate of drug-likeness (QED) is 0.798. The third-order valence-electron chi connectivity index (χ3n) is 5.47. The summed E-state index contributed by atoms with van der Waals surface area (Å²) in [6.45, 7) is 3.71. The number of amides is 2. The number of ether oxygens (including phenoxy) is 1. The van der Waals surface area contributed by atoms with E-state index >= 15 is 0 Å². The smallest absolute Gasteiger partial charge is 0.358 e. The molecule has 1 N–H and O–H groups in total. The van der Waals surface area contributed by atoms with E-state index in [9.17, 15) is 14.4 Å². The molecule has 154 valence electrons. The molecule has 0 radical (unpaired) electrons. The Morgan fingerprint density at radius 2 is 1.83 bits per heavy atom. The van der Waals surface area contributed by atoms with Gasteiger partial charge in [0.25, 0.3) is 0 Å². The Bertz CT molecular complexity index is 948. The van der Waals surface area contributed by atoms with Crippen molar-refractivity contribution in [2.45, 2.75) is 32.7 Å². The largest absolute Gasteiger partial charge is 0.464 e. The van der Waals surface area contributed by atoms with Crippen LogP contribution < -0.4 is 5.32 Å². The maximum absolute atomic E-state index is 13.3. The lowest BCUT2D eigenvalue weighted by Crippen LogP contribution is -2.44. The SMILES string of the molecule is COC(=O)c1c(NC(=O)C2CCC(=O)N(C)C2c2ccc(C)cc2)c(C)nn1C. The molecule has 1 fully saturated rings. The van der Waals surface area contributed by atoms with Gasteiger partial charge in [0, 0.05) is 20.5 Å². The number of methoxy groups -OCH3 is 1. The van der Waals surface area contributed by atoms with E-state index in [1.807, 2.05) is 31.2 Å². The number of rotatable bonds is 4. The molecule has 1 aromatic heterocycles. The molecule has 2 heterocycles. The number of nitrogens with one attached hydrogen (secondary N) is 1. The Morgan fingerprint density at radius 3 is 2.45 bits per heavy atom. The summed E-state index contributed by atoms with van der Waals surface area (Å²) in [6, 6.07) is 7.46. The fraction of sp³-hybridized carbons (Fsp3) is 0.429. The van der Waals surface area contributed by atoms with Crippen molar-refractivity contribution in [3.8, 4) is 0 Å². The van der Waals surface area contributed by atoms with Crippen LogP contribution in [0.2, 0.25) is 0 Å². The van der Waals surface area contributed by atoms with Crippen LogP contribution >= 0.6 is 0 Å². The minimum Gasteiger partial charge on any atom is -0.464 e. The summed E-state index contributed by atoms with van der Waals surface area (Å²) in [7, 11) is 4.63. The molecule has 29 heavy (non-hydrogen) atoms. The number of likely N-dealkylation sites (tertiary alicyclic amines) is 1. The number of aromatic nitrogens is 2. The Morgan fingerprint density at radius 1 is 1.17 bits per heavy atom. The normalized spacial score (nSPS) is 19.2. The number of esters is 1. The monoisotopic (exact) mass is 398 g/mol. The number of hydrogen-bond acceptors (Lipinski definition) is 5. The first kappa shape index (κ1) is 20.6. The predicted molar refractivity (Wildman–Crippen MR) is 107 cm³/mol. The minimum absolute atomic E-state index is 0.00688. The third kappa shape index (κ3) is 3.87. The van der Waals surface area contributed by atoms with Gasteiger partial charge in [-0.05, 0) is 25.8 Å². The molecule has 0 spiro atoms. The van der Waals surface area contributed by atoms with Crippen LogP contribution in [-0.2, 0) is 21.4 Å². The molecule has 2 amide bonds. The summed E-state index contributed by atoms with van der Waals surface area (Å²) in [5.41, 5.74) is 3.06. The number of nitrogens with zero attached hydrogens (tertiary/aromatic N) is 3. The zero-order valence-corrected chi connectivity index (χ0v) is 17.4. The number of piperidine rings is 1. The summed E-state index contributed by atoms with van der Waals surface area (Å²) >= 11 is 0.